The number of imidazole rings is 1. The van der Waals surface area contributed by atoms with Gasteiger partial charge in [-0.05, 0) is 40.0 Å². The summed E-state index contributed by atoms with van der Waals surface area (Å²) < 4.78 is 12.6. The number of hydrogen-bond donors (Lipinski definition) is 0. The Labute approximate surface area is 159 Å². The van der Waals surface area contributed by atoms with Crippen LogP contribution in [0.5, 0.6) is 0 Å². The van der Waals surface area contributed by atoms with Crippen molar-refractivity contribution in [2.75, 3.05) is 24.7 Å². The van der Waals surface area contributed by atoms with E-state index < -0.39 is 11.7 Å². The number of carbonyl (C=O) groups excluding carboxylic acids is 1. The first-order chi connectivity index (χ1) is 12.3. The number of halogens is 1. The second-order valence-electron chi connectivity index (χ2n) is 7.00. The number of carbonyl (C=O) groups is 1. The van der Waals surface area contributed by atoms with Gasteiger partial charge in [0.1, 0.15) is 5.60 Å². The van der Waals surface area contributed by atoms with Crippen LogP contribution in [-0.4, -0.2) is 46.1 Å². The molecule has 8 heteroatoms. The number of hydrogen-bond acceptors (Lipinski definition) is 5. The Balaban J connectivity index is 2.19. The zero-order valence-corrected chi connectivity index (χ0v) is 16.6. The molecule has 2 rings (SSSR count). The Morgan fingerprint density at radius 1 is 1.31 bits per heavy atom. The second kappa shape index (κ2) is 9.19. The number of nitrogens with zero attached hydrogens (tertiary/aromatic N) is 4. The summed E-state index contributed by atoms with van der Waals surface area (Å²) in [6, 6.07) is 1.64. The van der Waals surface area contributed by atoms with Crippen molar-refractivity contribution in [3.05, 3.63) is 23.6 Å². The third-order valence-corrected chi connectivity index (χ3v) is 3.67. The predicted molar refractivity (Wildman–Crippen MR) is 102 cm³/mol. The van der Waals surface area contributed by atoms with Gasteiger partial charge in [0.15, 0.2) is 10.8 Å². The average Bonchev–Trinajstić information content (AvgIpc) is 3.00. The normalized spacial score (nSPS) is 11.7. The molecule has 1 amide bonds. The van der Waals surface area contributed by atoms with Crippen LogP contribution in [-0.2, 0) is 9.47 Å². The first kappa shape index (κ1) is 20.5. The smallest absolute Gasteiger partial charge is 0.414 e. The van der Waals surface area contributed by atoms with Crippen LogP contribution in [0.3, 0.4) is 0 Å². The highest BCUT2D eigenvalue weighted by molar-refractivity contribution is 6.29. The fourth-order valence-electron chi connectivity index (χ4n) is 2.42. The first-order valence-corrected chi connectivity index (χ1v) is 9.28. The van der Waals surface area contributed by atoms with Crippen molar-refractivity contribution >= 4 is 29.0 Å². The molecule has 0 unspecified atom stereocenters. The molecular weight excluding hydrogens is 356 g/mol. The number of fused-ring (bicyclic) bond motifs is 1. The summed E-state index contributed by atoms with van der Waals surface area (Å²) in [5.74, 6) is 0. The van der Waals surface area contributed by atoms with E-state index in [0.29, 0.717) is 24.5 Å². The molecule has 0 saturated carbocycles. The Bertz CT molecular complexity index is 727. The molecule has 0 bridgehead atoms. The zero-order chi connectivity index (χ0) is 19.2. The molecule has 0 aromatic carbocycles. The van der Waals surface area contributed by atoms with Gasteiger partial charge in [-0.25, -0.2) is 14.3 Å². The Morgan fingerprint density at radius 3 is 2.77 bits per heavy atom. The third kappa shape index (κ3) is 5.85. The predicted octanol–water partition coefficient (Wildman–Crippen LogP) is 4.33. The van der Waals surface area contributed by atoms with Gasteiger partial charge in [-0.1, -0.05) is 18.5 Å². The Morgan fingerprint density at radius 2 is 2.08 bits per heavy atom. The van der Waals surface area contributed by atoms with Crippen molar-refractivity contribution in [3.8, 4) is 0 Å². The number of amides is 1. The topological polar surface area (TPSA) is 69.0 Å². The summed E-state index contributed by atoms with van der Waals surface area (Å²) in [6.07, 6.45) is 5.50. The molecule has 0 N–H and O–H groups in total. The minimum Gasteiger partial charge on any atom is -0.443 e. The van der Waals surface area contributed by atoms with Crippen LogP contribution in [0.4, 0.5) is 10.5 Å². The summed E-state index contributed by atoms with van der Waals surface area (Å²) >= 11 is 6.12. The Hall–Kier alpha value is -1.86. The van der Waals surface area contributed by atoms with Crippen LogP contribution in [0.25, 0.3) is 5.65 Å². The SMILES string of the molecule is CCCOCCCCN(C(=O)OC(C)(C)C)c1cc(Cl)nn2ccnc12. The van der Waals surface area contributed by atoms with Gasteiger partial charge in [-0.15, -0.1) is 0 Å². The maximum atomic E-state index is 12.8. The summed E-state index contributed by atoms with van der Waals surface area (Å²) in [5.41, 5.74) is 0.545. The maximum absolute atomic E-state index is 12.8. The van der Waals surface area contributed by atoms with Gasteiger partial charge in [-0.2, -0.15) is 5.10 Å². The van der Waals surface area contributed by atoms with E-state index in [4.69, 9.17) is 21.1 Å². The summed E-state index contributed by atoms with van der Waals surface area (Å²) in [6.45, 7) is 9.50. The monoisotopic (exact) mass is 382 g/mol. The molecule has 26 heavy (non-hydrogen) atoms. The van der Waals surface area contributed by atoms with E-state index in [0.717, 1.165) is 25.9 Å². The van der Waals surface area contributed by atoms with Crippen LogP contribution in [0, 0.1) is 0 Å². The van der Waals surface area contributed by atoms with E-state index in [-0.39, 0.29) is 5.15 Å². The molecule has 0 atom stereocenters. The molecule has 0 fully saturated rings. The lowest BCUT2D eigenvalue weighted by Gasteiger charge is -2.27. The number of ether oxygens (including phenoxy) is 2. The molecule has 7 nitrogen and oxygen atoms in total. The van der Waals surface area contributed by atoms with Crippen LogP contribution in [0.2, 0.25) is 5.15 Å². The minimum absolute atomic E-state index is 0.283. The molecular formula is C18H27ClN4O3. The number of rotatable bonds is 8. The summed E-state index contributed by atoms with van der Waals surface area (Å²) in [7, 11) is 0. The van der Waals surface area contributed by atoms with Crippen LogP contribution in [0.15, 0.2) is 18.5 Å². The number of aromatic nitrogens is 3. The lowest BCUT2D eigenvalue weighted by Crippen LogP contribution is -2.38. The van der Waals surface area contributed by atoms with E-state index in [2.05, 4.69) is 17.0 Å². The van der Waals surface area contributed by atoms with E-state index in [1.54, 1.807) is 27.9 Å². The van der Waals surface area contributed by atoms with Crippen molar-refractivity contribution in [1.82, 2.24) is 14.6 Å². The van der Waals surface area contributed by atoms with Gasteiger partial charge >= 0.3 is 6.09 Å². The van der Waals surface area contributed by atoms with E-state index >= 15 is 0 Å². The van der Waals surface area contributed by atoms with Crippen molar-refractivity contribution < 1.29 is 14.3 Å². The molecule has 2 aromatic heterocycles. The van der Waals surface area contributed by atoms with Crippen molar-refractivity contribution in [2.45, 2.75) is 52.6 Å². The first-order valence-electron chi connectivity index (χ1n) is 8.90. The van der Waals surface area contributed by atoms with Crippen LogP contribution >= 0.6 is 11.6 Å². The molecule has 2 aromatic rings. The molecule has 0 aliphatic rings. The standard InChI is InChI=1S/C18H27ClN4O3/c1-5-11-25-12-7-6-9-22(17(24)26-18(2,3)4)14-13-15(19)21-23-10-8-20-16(14)23/h8,10,13H,5-7,9,11-12H2,1-4H3. The van der Waals surface area contributed by atoms with Crippen molar-refractivity contribution in [3.63, 3.8) is 0 Å². The minimum atomic E-state index is -0.595. The molecule has 0 aliphatic carbocycles. The largest absolute Gasteiger partial charge is 0.443 e. The maximum Gasteiger partial charge on any atom is 0.414 e. The Kier molecular flexibility index (Phi) is 7.23. The van der Waals surface area contributed by atoms with E-state index in [1.165, 1.54) is 0 Å². The van der Waals surface area contributed by atoms with Crippen LogP contribution < -0.4 is 4.90 Å². The highest BCUT2D eigenvalue weighted by Crippen LogP contribution is 2.25. The lowest BCUT2D eigenvalue weighted by molar-refractivity contribution is 0.0578. The van der Waals surface area contributed by atoms with Gasteiger partial charge in [0.25, 0.3) is 0 Å². The van der Waals surface area contributed by atoms with E-state index in [1.807, 2.05) is 20.8 Å². The molecule has 144 valence electrons. The molecule has 2 heterocycles. The zero-order valence-electron chi connectivity index (χ0n) is 15.9. The number of unbranched alkanes of at least 4 members (excludes halogenated alkanes) is 1. The van der Waals surface area contributed by atoms with Gasteiger partial charge in [0, 0.05) is 38.2 Å². The van der Waals surface area contributed by atoms with Crippen molar-refractivity contribution in [2.24, 2.45) is 0 Å². The second-order valence-corrected chi connectivity index (χ2v) is 7.39. The molecule has 0 radical (unpaired) electrons. The average molecular weight is 383 g/mol. The molecule has 0 spiro atoms. The van der Waals surface area contributed by atoms with Gasteiger partial charge in [0.2, 0.25) is 0 Å². The number of anilines is 1. The van der Waals surface area contributed by atoms with Gasteiger partial charge in [0.05, 0.1) is 5.69 Å². The van der Waals surface area contributed by atoms with Crippen molar-refractivity contribution in [1.29, 1.82) is 0 Å². The quantitative estimate of drug-likeness (QED) is 0.635. The molecule has 0 aliphatic heterocycles. The van der Waals surface area contributed by atoms with Crippen LogP contribution in [0.1, 0.15) is 47.0 Å². The summed E-state index contributed by atoms with van der Waals surface area (Å²) in [5, 5.41) is 4.45. The fraction of sp³-hybridized carbons (Fsp3) is 0.611. The summed E-state index contributed by atoms with van der Waals surface area (Å²) in [4.78, 5) is 18.6. The highest BCUT2D eigenvalue weighted by Gasteiger charge is 2.25. The third-order valence-electron chi connectivity index (χ3n) is 3.48. The highest BCUT2D eigenvalue weighted by atomic mass is 35.5. The fourth-order valence-corrected chi connectivity index (χ4v) is 2.60. The van der Waals surface area contributed by atoms with E-state index in [9.17, 15) is 4.79 Å². The lowest BCUT2D eigenvalue weighted by atomic mass is 10.2. The van der Waals surface area contributed by atoms with Gasteiger partial charge < -0.3 is 9.47 Å². The van der Waals surface area contributed by atoms with Gasteiger partial charge in [-0.3, -0.25) is 4.90 Å². The molecule has 0 saturated heterocycles.